The van der Waals surface area contributed by atoms with Crippen LogP contribution in [0.15, 0.2) is 71.8 Å². The number of nitrogens with one attached hydrogen (secondary N) is 2. The Morgan fingerprint density at radius 1 is 0.840 bits per heavy atom. The van der Waals surface area contributed by atoms with Gasteiger partial charge < -0.3 is 15.5 Å². The van der Waals surface area contributed by atoms with Crippen LogP contribution in [0.25, 0.3) is 0 Å². The Bertz CT molecular complexity index is 972. The number of benzene rings is 2. The first-order valence-electron chi connectivity index (χ1n) is 7.27. The van der Waals surface area contributed by atoms with E-state index in [9.17, 15) is 18.6 Å². The molecule has 3 rings (SSSR count). The number of hydrogen-bond donors (Lipinski definition) is 4. The Labute approximate surface area is 144 Å². The van der Waals surface area contributed by atoms with Crippen molar-refractivity contribution >= 4 is 27.2 Å². The number of nitrogens with zero attached hydrogens (tertiary/aromatic N) is 1. The Kier molecular flexibility index (Phi) is 4.44. The Hall–Kier alpha value is -3.26. The molecule has 3 aromatic rings. The third kappa shape index (κ3) is 3.99. The highest BCUT2D eigenvalue weighted by Gasteiger charge is 2.16. The van der Waals surface area contributed by atoms with E-state index in [2.05, 4.69) is 15.0 Å². The van der Waals surface area contributed by atoms with Crippen molar-refractivity contribution in [2.45, 2.75) is 4.90 Å². The highest BCUT2D eigenvalue weighted by molar-refractivity contribution is 7.92. The first-order valence-corrected chi connectivity index (χ1v) is 8.75. The van der Waals surface area contributed by atoms with Gasteiger partial charge in [0.15, 0.2) is 5.82 Å². The third-order valence-corrected chi connectivity index (χ3v) is 4.71. The maximum absolute atomic E-state index is 12.5. The van der Waals surface area contributed by atoms with E-state index >= 15 is 0 Å². The second kappa shape index (κ2) is 6.70. The van der Waals surface area contributed by atoms with Crippen LogP contribution >= 0.6 is 0 Å². The predicted octanol–water partition coefficient (Wildman–Crippen LogP) is 3.04. The number of hydrogen-bond acceptors (Lipinski definition) is 6. The van der Waals surface area contributed by atoms with E-state index in [1.54, 1.807) is 24.3 Å². The molecule has 0 saturated heterocycles. The van der Waals surface area contributed by atoms with Crippen LogP contribution in [0.3, 0.4) is 0 Å². The summed E-state index contributed by atoms with van der Waals surface area (Å²) < 4.78 is 27.4. The van der Waals surface area contributed by atoms with E-state index in [4.69, 9.17) is 0 Å². The molecule has 0 saturated carbocycles. The number of anilines is 3. The highest BCUT2D eigenvalue weighted by Crippen LogP contribution is 2.26. The van der Waals surface area contributed by atoms with Crippen molar-refractivity contribution in [2.24, 2.45) is 0 Å². The van der Waals surface area contributed by atoms with Crippen molar-refractivity contribution in [1.82, 2.24) is 4.98 Å². The van der Waals surface area contributed by atoms with Crippen LogP contribution in [0.2, 0.25) is 0 Å². The summed E-state index contributed by atoms with van der Waals surface area (Å²) in [5, 5.41) is 21.6. The van der Waals surface area contributed by atoms with E-state index in [-0.39, 0.29) is 22.1 Å². The standard InChI is InChI=1S/C17H15N3O4S/c21-13-5-3-12(4-6-13)19-17-16(2-1-11-18-17)20-25(23,24)15-9-7-14(22)8-10-15/h1-11,20-22H,(H,18,19). The van der Waals surface area contributed by atoms with E-state index < -0.39 is 10.0 Å². The maximum Gasteiger partial charge on any atom is 0.262 e. The molecule has 25 heavy (non-hydrogen) atoms. The number of rotatable bonds is 5. The van der Waals surface area contributed by atoms with E-state index in [0.29, 0.717) is 11.5 Å². The molecule has 0 bridgehead atoms. The van der Waals surface area contributed by atoms with Crippen molar-refractivity contribution in [3.63, 3.8) is 0 Å². The summed E-state index contributed by atoms with van der Waals surface area (Å²) >= 11 is 0. The van der Waals surface area contributed by atoms with Gasteiger partial charge in [0.1, 0.15) is 11.5 Å². The number of sulfonamides is 1. The highest BCUT2D eigenvalue weighted by atomic mass is 32.2. The van der Waals surface area contributed by atoms with Crippen LogP contribution in [0.1, 0.15) is 0 Å². The molecule has 0 atom stereocenters. The van der Waals surface area contributed by atoms with Crippen LogP contribution < -0.4 is 10.0 Å². The number of aromatic nitrogens is 1. The number of phenols is 2. The van der Waals surface area contributed by atoms with Gasteiger partial charge in [0, 0.05) is 11.9 Å². The van der Waals surface area contributed by atoms with Crippen LogP contribution in [0, 0.1) is 0 Å². The molecule has 7 nitrogen and oxygen atoms in total. The van der Waals surface area contributed by atoms with Crippen molar-refractivity contribution in [1.29, 1.82) is 0 Å². The van der Waals surface area contributed by atoms with E-state index in [1.807, 2.05) is 0 Å². The zero-order chi connectivity index (χ0) is 17.9. The van der Waals surface area contributed by atoms with Crippen molar-refractivity contribution in [2.75, 3.05) is 10.0 Å². The van der Waals surface area contributed by atoms with Gasteiger partial charge in [0.25, 0.3) is 10.0 Å². The molecule has 0 fully saturated rings. The topological polar surface area (TPSA) is 112 Å². The summed E-state index contributed by atoms with van der Waals surface area (Å²) in [7, 11) is -3.83. The Morgan fingerprint density at radius 2 is 1.44 bits per heavy atom. The molecule has 0 aliphatic heterocycles. The zero-order valence-electron chi connectivity index (χ0n) is 12.9. The van der Waals surface area contributed by atoms with Gasteiger partial charge in [-0.3, -0.25) is 4.72 Å². The van der Waals surface area contributed by atoms with Crippen molar-refractivity contribution in [3.8, 4) is 11.5 Å². The average molecular weight is 357 g/mol. The molecule has 1 aromatic heterocycles. The van der Waals surface area contributed by atoms with Crippen LogP contribution in [-0.2, 0) is 10.0 Å². The van der Waals surface area contributed by atoms with Gasteiger partial charge in [0.2, 0.25) is 0 Å². The molecule has 128 valence electrons. The molecule has 0 amide bonds. The molecule has 0 unspecified atom stereocenters. The number of pyridine rings is 1. The third-order valence-electron chi connectivity index (χ3n) is 3.33. The van der Waals surface area contributed by atoms with Gasteiger partial charge in [0.05, 0.1) is 10.6 Å². The van der Waals surface area contributed by atoms with Gasteiger partial charge in [-0.2, -0.15) is 0 Å². The Balaban J connectivity index is 1.87. The lowest BCUT2D eigenvalue weighted by molar-refractivity contribution is 0.474. The zero-order valence-corrected chi connectivity index (χ0v) is 13.7. The summed E-state index contributed by atoms with van der Waals surface area (Å²) in [4.78, 5) is 4.17. The molecule has 2 aromatic carbocycles. The fraction of sp³-hybridized carbons (Fsp3) is 0. The van der Waals surface area contributed by atoms with E-state index in [1.165, 1.54) is 42.6 Å². The van der Waals surface area contributed by atoms with Gasteiger partial charge >= 0.3 is 0 Å². The molecular weight excluding hydrogens is 342 g/mol. The average Bonchev–Trinajstić information content (AvgIpc) is 2.59. The van der Waals surface area contributed by atoms with Crippen LogP contribution in [-0.4, -0.2) is 23.6 Å². The lowest BCUT2D eigenvalue weighted by Gasteiger charge is -2.13. The first kappa shape index (κ1) is 16.6. The normalized spacial score (nSPS) is 11.0. The minimum atomic E-state index is -3.83. The van der Waals surface area contributed by atoms with Crippen LogP contribution in [0.4, 0.5) is 17.2 Å². The molecule has 8 heteroatoms. The van der Waals surface area contributed by atoms with Crippen molar-refractivity contribution < 1.29 is 18.6 Å². The van der Waals surface area contributed by atoms with Crippen LogP contribution in [0.5, 0.6) is 11.5 Å². The van der Waals surface area contributed by atoms with Gasteiger partial charge in [-0.15, -0.1) is 0 Å². The fourth-order valence-electron chi connectivity index (χ4n) is 2.10. The van der Waals surface area contributed by atoms with Gasteiger partial charge in [-0.05, 0) is 60.7 Å². The quantitative estimate of drug-likeness (QED) is 0.522. The monoisotopic (exact) mass is 357 g/mol. The second-order valence-electron chi connectivity index (χ2n) is 5.17. The molecule has 0 aliphatic carbocycles. The molecule has 0 radical (unpaired) electrons. The minimum Gasteiger partial charge on any atom is -0.508 e. The second-order valence-corrected chi connectivity index (χ2v) is 6.85. The smallest absolute Gasteiger partial charge is 0.262 e. The molecule has 0 aliphatic rings. The fourth-order valence-corrected chi connectivity index (χ4v) is 3.16. The number of aromatic hydroxyl groups is 2. The molecule has 4 N–H and O–H groups in total. The van der Waals surface area contributed by atoms with Gasteiger partial charge in [-0.1, -0.05) is 0 Å². The van der Waals surface area contributed by atoms with Crippen molar-refractivity contribution in [3.05, 3.63) is 66.9 Å². The molecular formula is C17H15N3O4S. The summed E-state index contributed by atoms with van der Waals surface area (Å²) in [6.07, 6.45) is 1.53. The molecule has 0 spiro atoms. The molecule has 1 heterocycles. The Morgan fingerprint density at radius 3 is 2.08 bits per heavy atom. The summed E-state index contributed by atoms with van der Waals surface area (Å²) in [6, 6.07) is 14.7. The van der Waals surface area contributed by atoms with Gasteiger partial charge in [-0.25, -0.2) is 13.4 Å². The SMILES string of the molecule is O=S(=O)(Nc1cccnc1Nc1ccc(O)cc1)c1ccc(O)cc1. The lowest BCUT2D eigenvalue weighted by Crippen LogP contribution is -2.14. The predicted molar refractivity (Wildman–Crippen MR) is 94.5 cm³/mol. The minimum absolute atomic E-state index is 0.0183. The van der Waals surface area contributed by atoms with E-state index in [0.717, 1.165) is 0 Å². The maximum atomic E-state index is 12.5. The largest absolute Gasteiger partial charge is 0.508 e. The number of phenolic OH excluding ortho intramolecular Hbond substituents is 2. The summed E-state index contributed by atoms with van der Waals surface area (Å²) in [5.74, 6) is 0.422. The summed E-state index contributed by atoms with van der Waals surface area (Å²) in [5.41, 5.74) is 0.908. The first-order chi connectivity index (χ1) is 11.9. The summed E-state index contributed by atoms with van der Waals surface area (Å²) in [6.45, 7) is 0. The lowest BCUT2D eigenvalue weighted by atomic mass is 10.3.